The van der Waals surface area contributed by atoms with Crippen molar-refractivity contribution in [2.24, 2.45) is 0 Å². The van der Waals surface area contributed by atoms with Gasteiger partial charge in [0.2, 0.25) is 0 Å². The molecule has 0 aromatic heterocycles. The number of carbonyl (C=O) groups is 2. The number of ether oxygens (including phenoxy) is 2. The fourth-order valence-electron chi connectivity index (χ4n) is 3.69. The highest BCUT2D eigenvalue weighted by molar-refractivity contribution is 6.36. The molecule has 34 heavy (non-hydrogen) atoms. The number of amides is 2. The zero-order valence-corrected chi connectivity index (χ0v) is 19.2. The van der Waals surface area contributed by atoms with Gasteiger partial charge in [-0.2, -0.15) is 0 Å². The highest BCUT2D eigenvalue weighted by Crippen LogP contribution is 2.33. The van der Waals surface area contributed by atoms with Gasteiger partial charge in [0, 0.05) is 11.3 Å². The second kappa shape index (κ2) is 9.79. The van der Waals surface area contributed by atoms with Crippen molar-refractivity contribution >= 4 is 23.1 Å². The van der Waals surface area contributed by atoms with Crippen LogP contribution in [0.4, 0.5) is 10.1 Å². The molecule has 1 aliphatic heterocycles. The highest BCUT2D eigenvalue weighted by Gasteiger charge is 2.39. The van der Waals surface area contributed by atoms with Crippen molar-refractivity contribution in [1.29, 1.82) is 0 Å². The predicted octanol–water partition coefficient (Wildman–Crippen LogP) is 5.01. The van der Waals surface area contributed by atoms with Crippen LogP contribution >= 0.6 is 0 Å². The standard InChI is InChI=1S/C27H25FN2O4/c1-17(2)34-22-14-10-20(11-15-22)29-25-24(18-8-12-21(33-3)13-9-18)26(31)30(27(25)32)16-19-6-4-5-7-23(19)28/h4-15,17,29H,16H2,1-3H3. The Bertz CT molecular complexity index is 1230. The van der Waals surface area contributed by atoms with Crippen LogP contribution in [0.5, 0.6) is 11.5 Å². The Kier molecular flexibility index (Phi) is 6.63. The van der Waals surface area contributed by atoms with E-state index in [0.717, 1.165) is 4.90 Å². The van der Waals surface area contributed by atoms with Crippen molar-refractivity contribution in [2.45, 2.75) is 26.5 Å². The predicted molar refractivity (Wildman–Crippen MR) is 128 cm³/mol. The molecule has 3 aromatic carbocycles. The fourth-order valence-corrected chi connectivity index (χ4v) is 3.69. The summed E-state index contributed by atoms with van der Waals surface area (Å²) >= 11 is 0. The van der Waals surface area contributed by atoms with Crippen molar-refractivity contribution in [1.82, 2.24) is 4.90 Å². The van der Waals surface area contributed by atoms with E-state index in [-0.39, 0.29) is 29.5 Å². The van der Waals surface area contributed by atoms with Gasteiger partial charge in [-0.3, -0.25) is 14.5 Å². The molecule has 0 atom stereocenters. The molecule has 0 bridgehead atoms. The summed E-state index contributed by atoms with van der Waals surface area (Å²) in [6.07, 6.45) is 0.0316. The summed E-state index contributed by atoms with van der Waals surface area (Å²) in [6, 6.07) is 20.1. The average molecular weight is 461 g/mol. The van der Waals surface area contributed by atoms with Crippen LogP contribution in [0.15, 0.2) is 78.5 Å². The van der Waals surface area contributed by atoms with Crippen molar-refractivity contribution in [3.8, 4) is 11.5 Å². The number of imide groups is 1. The van der Waals surface area contributed by atoms with E-state index in [1.165, 1.54) is 6.07 Å². The Hall–Kier alpha value is -4.13. The maximum atomic E-state index is 14.3. The topological polar surface area (TPSA) is 67.9 Å². The van der Waals surface area contributed by atoms with E-state index in [1.54, 1.807) is 73.8 Å². The first-order chi connectivity index (χ1) is 16.4. The molecule has 0 radical (unpaired) electrons. The number of nitrogens with zero attached hydrogens (tertiary/aromatic N) is 1. The first-order valence-corrected chi connectivity index (χ1v) is 10.9. The summed E-state index contributed by atoms with van der Waals surface area (Å²) in [5.74, 6) is -0.182. The zero-order valence-electron chi connectivity index (χ0n) is 19.2. The van der Waals surface area contributed by atoms with Crippen molar-refractivity contribution in [2.75, 3.05) is 12.4 Å². The Balaban J connectivity index is 1.69. The van der Waals surface area contributed by atoms with Gasteiger partial charge in [0.15, 0.2) is 0 Å². The summed E-state index contributed by atoms with van der Waals surface area (Å²) < 4.78 is 25.1. The molecule has 0 saturated heterocycles. The number of hydrogen-bond donors (Lipinski definition) is 1. The summed E-state index contributed by atoms with van der Waals surface area (Å²) in [5, 5.41) is 3.10. The molecule has 3 aromatic rings. The molecule has 0 spiro atoms. The third kappa shape index (κ3) is 4.78. The molecule has 4 rings (SSSR count). The largest absolute Gasteiger partial charge is 0.497 e. The number of halogens is 1. The molecule has 1 aliphatic rings. The number of nitrogens with one attached hydrogen (secondary N) is 1. The van der Waals surface area contributed by atoms with Crippen LogP contribution in [-0.4, -0.2) is 29.9 Å². The van der Waals surface area contributed by atoms with Crippen LogP contribution < -0.4 is 14.8 Å². The molecular weight excluding hydrogens is 435 g/mol. The lowest BCUT2D eigenvalue weighted by Crippen LogP contribution is -2.32. The first-order valence-electron chi connectivity index (χ1n) is 10.9. The molecule has 0 unspecified atom stereocenters. The monoisotopic (exact) mass is 460 g/mol. The summed E-state index contributed by atoms with van der Waals surface area (Å²) in [6.45, 7) is 3.70. The Morgan fingerprint density at radius 1 is 0.882 bits per heavy atom. The molecule has 2 amide bonds. The third-order valence-electron chi connectivity index (χ3n) is 5.33. The van der Waals surface area contributed by atoms with Gasteiger partial charge in [0.1, 0.15) is 23.0 Å². The van der Waals surface area contributed by atoms with Gasteiger partial charge in [0.25, 0.3) is 11.8 Å². The molecular formula is C27H25FN2O4. The molecule has 1 heterocycles. The normalized spacial score (nSPS) is 13.6. The van der Waals surface area contributed by atoms with Crippen LogP contribution in [0.1, 0.15) is 25.0 Å². The lowest BCUT2D eigenvalue weighted by Gasteiger charge is -2.16. The highest BCUT2D eigenvalue weighted by atomic mass is 19.1. The van der Waals surface area contributed by atoms with Gasteiger partial charge in [0.05, 0.1) is 25.3 Å². The Labute approximate surface area is 197 Å². The minimum absolute atomic E-state index is 0.0316. The number of carbonyl (C=O) groups excluding carboxylic acids is 2. The summed E-state index contributed by atoms with van der Waals surface area (Å²) in [4.78, 5) is 27.8. The second-order valence-corrected chi connectivity index (χ2v) is 8.08. The summed E-state index contributed by atoms with van der Waals surface area (Å²) in [5.41, 5.74) is 1.77. The number of anilines is 1. The van der Waals surface area contributed by atoms with Crippen LogP contribution in [0.3, 0.4) is 0 Å². The quantitative estimate of drug-likeness (QED) is 0.479. The lowest BCUT2D eigenvalue weighted by atomic mass is 10.0. The van der Waals surface area contributed by atoms with E-state index < -0.39 is 17.6 Å². The fraction of sp³-hybridized carbons (Fsp3) is 0.185. The van der Waals surface area contributed by atoms with E-state index in [4.69, 9.17) is 9.47 Å². The molecule has 6 nitrogen and oxygen atoms in total. The number of rotatable bonds is 8. The Morgan fingerprint density at radius 3 is 2.15 bits per heavy atom. The molecule has 0 fully saturated rings. The van der Waals surface area contributed by atoms with E-state index in [9.17, 15) is 14.0 Å². The lowest BCUT2D eigenvalue weighted by molar-refractivity contribution is -0.137. The van der Waals surface area contributed by atoms with Crippen molar-refractivity contribution in [3.63, 3.8) is 0 Å². The van der Waals surface area contributed by atoms with Crippen LogP contribution in [-0.2, 0) is 16.1 Å². The Morgan fingerprint density at radius 2 is 1.53 bits per heavy atom. The number of benzene rings is 3. The maximum absolute atomic E-state index is 14.3. The maximum Gasteiger partial charge on any atom is 0.278 e. The number of hydrogen-bond acceptors (Lipinski definition) is 5. The smallest absolute Gasteiger partial charge is 0.278 e. The minimum Gasteiger partial charge on any atom is -0.497 e. The molecule has 0 aliphatic carbocycles. The molecule has 1 N–H and O–H groups in total. The van der Waals surface area contributed by atoms with Gasteiger partial charge in [-0.05, 0) is 61.9 Å². The van der Waals surface area contributed by atoms with Gasteiger partial charge in [-0.25, -0.2) is 4.39 Å². The first kappa shape index (κ1) is 23.0. The van der Waals surface area contributed by atoms with E-state index in [0.29, 0.717) is 22.7 Å². The number of methoxy groups -OCH3 is 1. The average Bonchev–Trinajstić information content (AvgIpc) is 3.05. The van der Waals surface area contributed by atoms with Gasteiger partial charge >= 0.3 is 0 Å². The van der Waals surface area contributed by atoms with Crippen molar-refractivity contribution < 1.29 is 23.5 Å². The second-order valence-electron chi connectivity index (χ2n) is 8.08. The van der Waals surface area contributed by atoms with Gasteiger partial charge in [-0.15, -0.1) is 0 Å². The van der Waals surface area contributed by atoms with E-state index in [1.807, 2.05) is 13.8 Å². The zero-order chi connectivity index (χ0) is 24.2. The van der Waals surface area contributed by atoms with Crippen molar-refractivity contribution in [3.05, 3.63) is 95.4 Å². The minimum atomic E-state index is -0.526. The van der Waals surface area contributed by atoms with Gasteiger partial charge < -0.3 is 14.8 Å². The van der Waals surface area contributed by atoms with Gasteiger partial charge in [-0.1, -0.05) is 30.3 Å². The summed E-state index contributed by atoms with van der Waals surface area (Å²) in [7, 11) is 1.55. The van der Waals surface area contributed by atoms with Crippen LogP contribution in [0.2, 0.25) is 0 Å². The SMILES string of the molecule is COc1ccc(C2=C(Nc3ccc(OC(C)C)cc3)C(=O)N(Cc3ccccc3F)C2=O)cc1. The van der Waals surface area contributed by atoms with Crippen LogP contribution in [0.25, 0.3) is 5.57 Å². The third-order valence-corrected chi connectivity index (χ3v) is 5.33. The molecule has 0 saturated carbocycles. The molecule has 174 valence electrons. The van der Waals surface area contributed by atoms with Crippen LogP contribution in [0, 0.1) is 5.82 Å². The van der Waals surface area contributed by atoms with E-state index in [2.05, 4.69) is 5.32 Å². The molecule has 7 heteroatoms. The van der Waals surface area contributed by atoms with E-state index >= 15 is 0 Å².